The second-order valence-corrected chi connectivity index (χ2v) is 7.06. The van der Waals surface area contributed by atoms with Gasteiger partial charge in [0, 0.05) is 12.2 Å². The number of nitrogens with zero attached hydrogens (tertiary/aromatic N) is 1. The maximum atomic E-state index is 11.7. The Morgan fingerprint density at radius 1 is 1.16 bits per heavy atom. The van der Waals surface area contributed by atoms with Crippen molar-refractivity contribution < 1.29 is 12.8 Å². The molecule has 1 aromatic heterocycles. The molecule has 0 aliphatic heterocycles. The van der Waals surface area contributed by atoms with Gasteiger partial charge in [-0.25, -0.2) is 13.4 Å². The van der Waals surface area contributed by atoms with Crippen LogP contribution in [0.25, 0.3) is 0 Å². The fraction of sp³-hybridized carbons (Fsp3) is 0.786. The van der Waals surface area contributed by atoms with Crippen LogP contribution >= 0.6 is 0 Å². The lowest BCUT2D eigenvalue weighted by Crippen LogP contribution is -2.06. The predicted molar refractivity (Wildman–Crippen MR) is 76.0 cm³/mol. The third-order valence-corrected chi connectivity index (χ3v) is 4.35. The maximum Gasteiger partial charge on any atom is 0.196 e. The summed E-state index contributed by atoms with van der Waals surface area (Å²) in [6, 6.07) is 0. The van der Waals surface area contributed by atoms with Gasteiger partial charge in [0.05, 0.1) is 0 Å². The molecule has 1 heterocycles. The standard InChI is InChI=1S/C14H25NO3S/c1-4-6-8-10-12(9-7-5-2)13-14(15-11-18-13)19(3,16)17/h11-12H,4-10H2,1-3H3. The van der Waals surface area contributed by atoms with Gasteiger partial charge in [0.15, 0.2) is 21.3 Å². The minimum Gasteiger partial charge on any atom is -0.447 e. The molecule has 0 radical (unpaired) electrons. The van der Waals surface area contributed by atoms with Gasteiger partial charge in [-0.05, 0) is 12.8 Å². The van der Waals surface area contributed by atoms with E-state index in [1.54, 1.807) is 0 Å². The highest BCUT2D eigenvalue weighted by atomic mass is 32.2. The second-order valence-electron chi connectivity index (χ2n) is 5.13. The number of aromatic nitrogens is 1. The SMILES string of the molecule is CCCCCC(CCCC)c1ocnc1S(C)(=O)=O. The molecule has 0 aliphatic carbocycles. The molecule has 0 aromatic carbocycles. The lowest BCUT2D eigenvalue weighted by Gasteiger charge is -2.14. The number of sulfone groups is 1. The van der Waals surface area contributed by atoms with Crippen LogP contribution < -0.4 is 0 Å². The van der Waals surface area contributed by atoms with E-state index in [9.17, 15) is 8.42 Å². The average Bonchev–Trinajstić information content (AvgIpc) is 2.82. The van der Waals surface area contributed by atoms with Crippen LogP contribution in [0, 0.1) is 0 Å². The van der Waals surface area contributed by atoms with E-state index in [1.807, 2.05) is 0 Å². The molecular weight excluding hydrogens is 262 g/mol. The van der Waals surface area contributed by atoms with Crippen molar-refractivity contribution >= 4 is 9.84 Å². The molecule has 5 heteroatoms. The van der Waals surface area contributed by atoms with E-state index in [2.05, 4.69) is 18.8 Å². The smallest absolute Gasteiger partial charge is 0.196 e. The molecule has 0 amide bonds. The molecule has 0 saturated carbocycles. The first-order valence-electron chi connectivity index (χ1n) is 7.14. The van der Waals surface area contributed by atoms with Gasteiger partial charge >= 0.3 is 0 Å². The van der Waals surface area contributed by atoms with Gasteiger partial charge < -0.3 is 4.42 Å². The van der Waals surface area contributed by atoms with Gasteiger partial charge in [-0.15, -0.1) is 0 Å². The van der Waals surface area contributed by atoms with Crippen molar-refractivity contribution in [1.82, 2.24) is 4.98 Å². The van der Waals surface area contributed by atoms with E-state index >= 15 is 0 Å². The molecule has 0 N–H and O–H groups in total. The van der Waals surface area contributed by atoms with Crippen molar-refractivity contribution in [3.63, 3.8) is 0 Å². The third-order valence-electron chi connectivity index (χ3n) is 3.34. The average molecular weight is 287 g/mol. The number of hydrogen-bond acceptors (Lipinski definition) is 4. The van der Waals surface area contributed by atoms with E-state index in [4.69, 9.17) is 4.42 Å². The Kier molecular flexibility index (Phi) is 6.55. The van der Waals surface area contributed by atoms with Crippen molar-refractivity contribution in [3.8, 4) is 0 Å². The van der Waals surface area contributed by atoms with Crippen LogP contribution in [-0.2, 0) is 9.84 Å². The monoisotopic (exact) mass is 287 g/mol. The maximum absolute atomic E-state index is 11.7. The molecule has 4 nitrogen and oxygen atoms in total. The summed E-state index contributed by atoms with van der Waals surface area (Å²) in [6.45, 7) is 4.30. The lowest BCUT2D eigenvalue weighted by molar-refractivity contribution is 0.402. The highest BCUT2D eigenvalue weighted by Gasteiger charge is 2.25. The fourth-order valence-corrected chi connectivity index (χ4v) is 3.11. The molecule has 0 fully saturated rings. The van der Waals surface area contributed by atoms with E-state index in [0.29, 0.717) is 5.76 Å². The van der Waals surface area contributed by atoms with Gasteiger partial charge in [-0.3, -0.25) is 0 Å². The Hall–Kier alpha value is -0.840. The Morgan fingerprint density at radius 3 is 2.37 bits per heavy atom. The summed E-state index contributed by atoms with van der Waals surface area (Å²) < 4.78 is 28.8. The molecule has 0 saturated heterocycles. The quantitative estimate of drug-likeness (QED) is 0.646. The molecule has 0 bridgehead atoms. The number of hydrogen-bond donors (Lipinski definition) is 0. The second kappa shape index (κ2) is 7.68. The molecule has 1 rings (SSSR count). The van der Waals surface area contributed by atoms with Crippen molar-refractivity contribution in [2.45, 2.75) is 69.7 Å². The summed E-state index contributed by atoms with van der Waals surface area (Å²) in [7, 11) is -3.30. The van der Waals surface area contributed by atoms with Crippen LogP contribution in [0.4, 0.5) is 0 Å². The zero-order valence-electron chi connectivity index (χ0n) is 12.2. The summed E-state index contributed by atoms with van der Waals surface area (Å²) in [5.74, 6) is 0.741. The van der Waals surface area contributed by atoms with Crippen LogP contribution in [0.5, 0.6) is 0 Å². The van der Waals surface area contributed by atoms with E-state index in [0.717, 1.165) is 38.5 Å². The van der Waals surface area contributed by atoms with Gasteiger partial charge in [0.25, 0.3) is 0 Å². The minimum atomic E-state index is -3.30. The lowest BCUT2D eigenvalue weighted by atomic mass is 9.93. The Labute approximate surface area is 116 Å². The normalized spacial score (nSPS) is 13.6. The summed E-state index contributed by atoms with van der Waals surface area (Å²) in [5, 5.41) is 0.130. The number of unbranched alkanes of at least 4 members (excludes halogenated alkanes) is 3. The van der Waals surface area contributed by atoms with Gasteiger partial charge in [0.1, 0.15) is 5.76 Å². The van der Waals surface area contributed by atoms with E-state index in [-0.39, 0.29) is 10.9 Å². The first-order valence-corrected chi connectivity index (χ1v) is 9.03. The van der Waals surface area contributed by atoms with E-state index in [1.165, 1.54) is 19.1 Å². The van der Waals surface area contributed by atoms with Crippen molar-refractivity contribution in [2.75, 3.05) is 6.26 Å². The zero-order chi connectivity index (χ0) is 14.3. The minimum absolute atomic E-state index is 0.130. The van der Waals surface area contributed by atoms with Gasteiger partial charge in [-0.1, -0.05) is 46.0 Å². The molecule has 0 spiro atoms. The fourth-order valence-electron chi connectivity index (χ4n) is 2.29. The molecule has 1 unspecified atom stereocenters. The number of oxazole rings is 1. The van der Waals surface area contributed by atoms with Crippen molar-refractivity contribution in [3.05, 3.63) is 12.2 Å². The predicted octanol–water partition coefficient (Wildman–Crippen LogP) is 3.93. The van der Waals surface area contributed by atoms with Crippen LogP contribution in [-0.4, -0.2) is 19.7 Å². The van der Waals surface area contributed by atoms with Crippen LogP contribution in [0.15, 0.2) is 15.8 Å². The van der Waals surface area contributed by atoms with Crippen LogP contribution in [0.3, 0.4) is 0 Å². The Bertz CT molecular complexity index is 465. The summed E-state index contributed by atoms with van der Waals surface area (Å²) in [6.07, 6.45) is 10.0. The highest BCUT2D eigenvalue weighted by molar-refractivity contribution is 7.90. The van der Waals surface area contributed by atoms with Gasteiger partial charge in [0.2, 0.25) is 0 Å². The largest absolute Gasteiger partial charge is 0.447 e. The van der Waals surface area contributed by atoms with E-state index < -0.39 is 9.84 Å². The van der Waals surface area contributed by atoms with Crippen LogP contribution in [0.2, 0.25) is 0 Å². The highest BCUT2D eigenvalue weighted by Crippen LogP contribution is 2.31. The molecule has 1 atom stereocenters. The Morgan fingerprint density at radius 2 is 1.79 bits per heavy atom. The first kappa shape index (κ1) is 16.2. The third kappa shape index (κ3) is 4.97. The van der Waals surface area contributed by atoms with Crippen LogP contribution in [0.1, 0.15) is 70.5 Å². The Balaban J connectivity index is 2.87. The summed E-state index contributed by atoms with van der Waals surface area (Å²) >= 11 is 0. The zero-order valence-corrected chi connectivity index (χ0v) is 13.0. The van der Waals surface area contributed by atoms with Crippen molar-refractivity contribution in [1.29, 1.82) is 0 Å². The topological polar surface area (TPSA) is 60.2 Å². The molecular formula is C14H25NO3S. The molecule has 0 aliphatic rings. The number of rotatable bonds is 9. The summed E-state index contributed by atoms with van der Waals surface area (Å²) in [5.41, 5.74) is 0. The van der Waals surface area contributed by atoms with Gasteiger partial charge in [-0.2, -0.15) is 0 Å². The first-order chi connectivity index (χ1) is 9.00. The summed E-state index contributed by atoms with van der Waals surface area (Å²) in [4.78, 5) is 3.89. The molecule has 19 heavy (non-hydrogen) atoms. The molecule has 1 aromatic rings. The molecule has 110 valence electrons. The van der Waals surface area contributed by atoms with Crippen molar-refractivity contribution in [2.24, 2.45) is 0 Å².